The molecule has 0 spiro atoms. The van der Waals surface area contributed by atoms with E-state index in [0.717, 1.165) is 16.2 Å². The highest BCUT2D eigenvalue weighted by Gasteiger charge is 2.19. The van der Waals surface area contributed by atoms with Crippen molar-refractivity contribution < 1.29 is 18.4 Å². The summed E-state index contributed by atoms with van der Waals surface area (Å²) in [5, 5.41) is 5.25. The van der Waals surface area contributed by atoms with Crippen molar-refractivity contribution in [3.8, 4) is 10.6 Å². The molecule has 26 heavy (non-hydrogen) atoms. The third kappa shape index (κ3) is 3.13. The van der Waals surface area contributed by atoms with E-state index in [0.29, 0.717) is 29.2 Å². The highest BCUT2D eigenvalue weighted by molar-refractivity contribution is 7.17. The van der Waals surface area contributed by atoms with E-state index in [2.05, 4.69) is 10.6 Å². The zero-order valence-corrected chi connectivity index (χ0v) is 14.7. The lowest BCUT2D eigenvalue weighted by Gasteiger charge is -2.18. The molecule has 1 aromatic carbocycles. The predicted octanol–water partition coefficient (Wildman–Crippen LogP) is 4.59. The van der Waals surface area contributed by atoms with Crippen molar-refractivity contribution in [3.63, 3.8) is 0 Å². The number of anilines is 2. The molecule has 0 saturated carbocycles. The average molecular weight is 370 g/mol. The summed E-state index contributed by atoms with van der Waals surface area (Å²) in [5.74, 6) is 0.388. The Labute approximate surface area is 152 Å². The van der Waals surface area contributed by atoms with E-state index >= 15 is 0 Å². The second-order valence-corrected chi connectivity index (χ2v) is 7.15. The maximum absolute atomic E-state index is 14.3. The van der Waals surface area contributed by atoms with Crippen molar-refractivity contribution in [2.24, 2.45) is 0 Å². The molecular formula is C19H15FN2O3S. The van der Waals surface area contributed by atoms with Crippen LogP contribution in [0, 0.1) is 12.7 Å². The van der Waals surface area contributed by atoms with Gasteiger partial charge in [0.05, 0.1) is 15.4 Å². The van der Waals surface area contributed by atoms with Crippen LogP contribution in [0.4, 0.5) is 15.8 Å². The zero-order valence-electron chi connectivity index (χ0n) is 13.9. The minimum absolute atomic E-state index is 0.105. The molecule has 2 N–H and O–H groups in total. The highest BCUT2D eigenvalue weighted by atomic mass is 32.1. The number of rotatable bonds is 3. The number of fused-ring (bicyclic) bond motifs is 1. The van der Waals surface area contributed by atoms with Crippen molar-refractivity contribution in [3.05, 3.63) is 58.4 Å². The second-order valence-electron chi connectivity index (χ2n) is 6.07. The summed E-state index contributed by atoms with van der Waals surface area (Å²) in [6.07, 6.45) is 0.869. The van der Waals surface area contributed by atoms with Crippen molar-refractivity contribution in [2.45, 2.75) is 19.8 Å². The quantitative estimate of drug-likeness (QED) is 0.708. The van der Waals surface area contributed by atoms with Gasteiger partial charge in [-0.2, -0.15) is 0 Å². The van der Waals surface area contributed by atoms with Crippen molar-refractivity contribution in [2.75, 3.05) is 10.6 Å². The van der Waals surface area contributed by atoms with E-state index in [1.54, 1.807) is 18.2 Å². The molecule has 132 valence electrons. The zero-order chi connectivity index (χ0) is 18.3. The Morgan fingerprint density at radius 2 is 2.08 bits per heavy atom. The maximum atomic E-state index is 14.3. The number of carbonyl (C=O) groups is 2. The topological polar surface area (TPSA) is 71.3 Å². The van der Waals surface area contributed by atoms with Crippen LogP contribution in [0.3, 0.4) is 0 Å². The van der Waals surface area contributed by atoms with Gasteiger partial charge in [-0.25, -0.2) is 4.39 Å². The molecule has 0 radical (unpaired) electrons. The summed E-state index contributed by atoms with van der Waals surface area (Å²) in [7, 11) is 0. The summed E-state index contributed by atoms with van der Waals surface area (Å²) in [5.41, 5.74) is 1.37. The number of amides is 2. The van der Waals surface area contributed by atoms with Gasteiger partial charge in [-0.15, -0.1) is 11.3 Å². The first-order valence-electron chi connectivity index (χ1n) is 8.10. The molecule has 0 aliphatic carbocycles. The van der Waals surface area contributed by atoms with Gasteiger partial charge < -0.3 is 15.1 Å². The third-order valence-electron chi connectivity index (χ3n) is 4.15. The van der Waals surface area contributed by atoms with E-state index in [1.807, 2.05) is 19.1 Å². The van der Waals surface area contributed by atoms with E-state index < -0.39 is 5.82 Å². The fourth-order valence-corrected chi connectivity index (χ4v) is 3.70. The summed E-state index contributed by atoms with van der Waals surface area (Å²) in [4.78, 5) is 25.2. The summed E-state index contributed by atoms with van der Waals surface area (Å²) in [6, 6.07) is 10.0. The first kappa shape index (κ1) is 16.5. The van der Waals surface area contributed by atoms with Crippen LogP contribution in [0.25, 0.3) is 10.6 Å². The molecule has 1 aliphatic rings. The number of hydrogen-bond acceptors (Lipinski definition) is 4. The smallest absolute Gasteiger partial charge is 0.265 e. The molecule has 3 aromatic rings. The monoisotopic (exact) mass is 370 g/mol. The van der Waals surface area contributed by atoms with Gasteiger partial charge in [0.15, 0.2) is 0 Å². The van der Waals surface area contributed by atoms with Crippen LogP contribution in [0.2, 0.25) is 0 Å². The predicted molar refractivity (Wildman–Crippen MR) is 98.1 cm³/mol. The Morgan fingerprint density at radius 1 is 1.23 bits per heavy atom. The van der Waals surface area contributed by atoms with Crippen LogP contribution in [0.15, 0.2) is 40.8 Å². The van der Waals surface area contributed by atoms with Gasteiger partial charge >= 0.3 is 0 Å². The van der Waals surface area contributed by atoms with Crippen LogP contribution in [0.5, 0.6) is 0 Å². The molecule has 3 heterocycles. The minimum Gasteiger partial charge on any atom is -0.461 e. The summed E-state index contributed by atoms with van der Waals surface area (Å²) in [6.45, 7) is 1.85. The van der Waals surface area contributed by atoms with Gasteiger partial charge in [-0.1, -0.05) is 0 Å². The number of carbonyl (C=O) groups excluding carboxylic acids is 2. The van der Waals surface area contributed by atoms with E-state index in [-0.39, 0.29) is 17.5 Å². The normalized spacial score (nSPS) is 13.2. The van der Waals surface area contributed by atoms with E-state index in [9.17, 15) is 14.0 Å². The standard InChI is InChI=1S/C19H15FN2O3S/c1-10-2-4-15(25-10)16-5-6-17(26-16)19(24)22-14-8-11-3-7-18(23)21-13(11)9-12(14)20/h2,4-6,8-9H,3,7H2,1H3,(H,21,23)(H,22,24). The average Bonchev–Trinajstić information content (AvgIpc) is 3.24. The lowest BCUT2D eigenvalue weighted by Crippen LogP contribution is -2.20. The van der Waals surface area contributed by atoms with Crippen LogP contribution >= 0.6 is 11.3 Å². The molecule has 2 aromatic heterocycles. The first-order chi connectivity index (χ1) is 12.5. The van der Waals surface area contributed by atoms with Crippen molar-refractivity contribution in [1.29, 1.82) is 0 Å². The minimum atomic E-state index is -0.585. The van der Waals surface area contributed by atoms with Gasteiger partial charge in [0.25, 0.3) is 5.91 Å². The molecule has 0 saturated heterocycles. The fourth-order valence-electron chi connectivity index (χ4n) is 2.84. The molecule has 1 aliphatic heterocycles. The lowest BCUT2D eigenvalue weighted by molar-refractivity contribution is -0.116. The Morgan fingerprint density at radius 3 is 2.85 bits per heavy atom. The Bertz CT molecular complexity index is 1020. The SMILES string of the molecule is Cc1ccc(-c2ccc(C(=O)Nc3cc4c(cc3F)NC(=O)CC4)s2)o1. The number of hydrogen-bond donors (Lipinski definition) is 2. The number of aryl methyl sites for hydroxylation is 2. The fraction of sp³-hybridized carbons (Fsp3) is 0.158. The molecule has 0 fully saturated rings. The molecule has 0 unspecified atom stereocenters. The first-order valence-corrected chi connectivity index (χ1v) is 8.91. The number of thiophene rings is 1. The Kier molecular flexibility index (Phi) is 4.08. The Hall–Kier alpha value is -2.93. The number of halogens is 1. The van der Waals surface area contributed by atoms with Crippen molar-refractivity contribution in [1.82, 2.24) is 0 Å². The van der Waals surface area contributed by atoms with Crippen LogP contribution in [-0.4, -0.2) is 11.8 Å². The molecule has 7 heteroatoms. The molecule has 0 bridgehead atoms. The van der Waals surface area contributed by atoms with E-state index in [1.165, 1.54) is 17.4 Å². The van der Waals surface area contributed by atoms with Gasteiger partial charge in [0.2, 0.25) is 5.91 Å². The largest absolute Gasteiger partial charge is 0.461 e. The van der Waals surface area contributed by atoms with Gasteiger partial charge in [-0.3, -0.25) is 9.59 Å². The van der Waals surface area contributed by atoms with E-state index in [4.69, 9.17) is 4.42 Å². The van der Waals surface area contributed by atoms with Crippen molar-refractivity contribution >= 4 is 34.5 Å². The number of benzene rings is 1. The van der Waals surface area contributed by atoms with Gasteiger partial charge in [0.1, 0.15) is 17.3 Å². The lowest BCUT2D eigenvalue weighted by atomic mass is 10.0. The molecule has 4 rings (SSSR count). The van der Waals surface area contributed by atoms with Crippen LogP contribution in [0.1, 0.15) is 27.4 Å². The number of furan rings is 1. The molecule has 0 atom stereocenters. The molecular weight excluding hydrogens is 355 g/mol. The maximum Gasteiger partial charge on any atom is 0.265 e. The molecule has 5 nitrogen and oxygen atoms in total. The van der Waals surface area contributed by atoms with Crippen LogP contribution < -0.4 is 10.6 Å². The second kappa shape index (κ2) is 6.42. The summed E-state index contributed by atoms with van der Waals surface area (Å²) >= 11 is 1.28. The number of nitrogens with one attached hydrogen (secondary N) is 2. The Balaban J connectivity index is 1.55. The summed E-state index contributed by atoms with van der Waals surface area (Å²) < 4.78 is 19.8. The molecule has 2 amide bonds. The van der Waals surface area contributed by atoms with Gasteiger partial charge in [-0.05, 0) is 55.3 Å². The van der Waals surface area contributed by atoms with Crippen LogP contribution in [-0.2, 0) is 11.2 Å². The highest BCUT2D eigenvalue weighted by Crippen LogP contribution is 2.31. The third-order valence-corrected chi connectivity index (χ3v) is 5.25. The van der Waals surface area contributed by atoms with Gasteiger partial charge in [0, 0.05) is 12.1 Å².